The van der Waals surface area contributed by atoms with Crippen LogP contribution in [0, 0.1) is 0 Å². The molecule has 6 heteroatoms. The van der Waals surface area contributed by atoms with Crippen LogP contribution in [0.3, 0.4) is 0 Å². The minimum Gasteiger partial charge on any atom is -0.268 e. The van der Waals surface area contributed by atoms with Crippen LogP contribution in [0.2, 0.25) is 0 Å². The number of hydrogen-bond acceptors (Lipinski definition) is 4. The van der Waals surface area contributed by atoms with Gasteiger partial charge in [0, 0.05) is 33.0 Å². The Labute approximate surface area is 410 Å². The minimum absolute atomic E-state index is 0.0431. The van der Waals surface area contributed by atoms with E-state index in [1.807, 2.05) is 97.1 Å². The third-order valence-electron chi connectivity index (χ3n) is 14.9. The molecule has 9 aromatic carbocycles. The number of carbonyl (C=O) groups is 4. The number of nitrogens with zero attached hydrogens (tertiary/aromatic N) is 2. The van der Waals surface area contributed by atoms with Crippen LogP contribution in [0.15, 0.2) is 133 Å². The Morgan fingerprint density at radius 3 is 0.743 bits per heavy atom. The van der Waals surface area contributed by atoms with Crippen molar-refractivity contribution in [1.82, 2.24) is 0 Å². The van der Waals surface area contributed by atoms with E-state index in [0.717, 1.165) is 54.6 Å². The van der Waals surface area contributed by atoms with Gasteiger partial charge in [0.25, 0.3) is 23.6 Å². The van der Waals surface area contributed by atoms with E-state index in [4.69, 9.17) is 0 Å². The zero-order valence-electron chi connectivity index (χ0n) is 42.2. The molecule has 0 saturated carbocycles. The second kappa shape index (κ2) is 15.0. The van der Waals surface area contributed by atoms with E-state index in [1.165, 1.54) is 32.1 Å². The quantitative estimate of drug-likeness (QED) is 0.100. The number of rotatable bonds is 4. The van der Waals surface area contributed by atoms with Crippen molar-refractivity contribution < 1.29 is 19.2 Å². The van der Waals surface area contributed by atoms with Crippen LogP contribution in [0.1, 0.15) is 147 Å². The van der Waals surface area contributed by atoms with Gasteiger partial charge >= 0.3 is 0 Å². The molecule has 11 rings (SSSR count). The first-order chi connectivity index (χ1) is 32.9. The number of benzene rings is 9. The molecule has 70 heavy (non-hydrogen) atoms. The molecule has 2 aliphatic heterocycles. The van der Waals surface area contributed by atoms with Crippen LogP contribution in [0.5, 0.6) is 0 Å². The molecule has 0 saturated heterocycles. The first kappa shape index (κ1) is 45.0. The van der Waals surface area contributed by atoms with Crippen molar-refractivity contribution in [2.75, 3.05) is 9.80 Å². The molecular formula is C64H58N2O4. The molecule has 0 unspecified atom stereocenters. The van der Waals surface area contributed by atoms with Gasteiger partial charge in [-0.2, -0.15) is 0 Å². The zero-order chi connectivity index (χ0) is 49.7. The highest BCUT2D eigenvalue weighted by Gasteiger charge is 2.38. The third-order valence-corrected chi connectivity index (χ3v) is 14.9. The Morgan fingerprint density at radius 2 is 0.514 bits per heavy atom. The standard InChI is InChI=1S/C64H58N2O4/c1-61(2,3)39-29-37(30-40(33-39)62(4,5)6)35-13-17-43(18-14-35)65-57(67)49-25-21-45-47-23-27-51-56-52(28-24-48(54(47)56)46-22-26-50(58(65)68)55(49)53(45)46)60(70)66(59(51)69)44-19-15-36(16-20-44)38-31-41(63(7,8)9)34-42(32-38)64(10,11)12/h13-34H,1-12H3. The molecule has 2 aliphatic rings. The molecule has 0 fully saturated rings. The number of imide groups is 2. The molecular weight excluding hydrogens is 861 g/mol. The summed E-state index contributed by atoms with van der Waals surface area (Å²) in [5, 5.41) is 6.25. The number of fused-ring (bicyclic) bond motifs is 2. The molecule has 4 amide bonds. The van der Waals surface area contributed by atoms with Gasteiger partial charge in [0.15, 0.2) is 0 Å². The molecule has 6 nitrogen and oxygen atoms in total. The maximum atomic E-state index is 14.6. The van der Waals surface area contributed by atoms with Gasteiger partial charge in [-0.1, -0.05) is 168 Å². The number of anilines is 2. The van der Waals surface area contributed by atoms with Crippen molar-refractivity contribution in [3.63, 3.8) is 0 Å². The van der Waals surface area contributed by atoms with Crippen molar-refractivity contribution in [1.29, 1.82) is 0 Å². The lowest BCUT2D eigenvalue weighted by atomic mass is 9.79. The summed E-state index contributed by atoms with van der Waals surface area (Å²) in [4.78, 5) is 61.0. The lowest BCUT2D eigenvalue weighted by Crippen LogP contribution is -2.40. The predicted molar refractivity (Wildman–Crippen MR) is 288 cm³/mol. The van der Waals surface area contributed by atoms with Crippen molar-refractivity contribution in [3.8, 4) is 22.3 Å². The highest BCUT2D eigenvalue weighted by Crippen LogP contribution is 2.48. The van der Waals surface area contributed by atoms with Gasteiger partial charge < -0.3 is 0 Å². The van der Waals surface area contributed by atoms with Crippen molar-refractivity contribution in [3.05, 3.63) is 178 Å². The Balaban J connectivity index is 0.955. The smallest absolute Gasteiger partial charge is 0.265 e. The molecule has 2 heterocycles. The minimum atomic E-state index is -0.382. The molecule has 348 valence electrons. The van der Waals surface area contributed by atoms with E-state index >= 15 is 0 Å². The fourth-order valence-corrected chi connectivity index (χ4v) is 10.7. The van der Waals surface area contributed by atoms with E-state index in [0.29, 0.717) is 44.4 Å². The summed E-state index contributed by atoms with van der Waals surface area (Å²) in [6.07, 6.45) is 0. The normalized spacial score (nSPS) is 14.6. The zero-order valence-corrected chi connectivity index (χ0v) is 42.2. The summed E-state index contributed by atoms with van der Waals surface area (Å²) in [5.74, 6) is -1.53. The van der Waals surface area contributed by atoms with Gasteiger partial charge in [-0.25, -0.2) is 9.80 Å². The Morgan fingerprint density at radius 1 is 0.271 bits per heavy atom. The molecule has 0 radical (unpaired) electrons. The summed E-state index contributed by atoms with van der Waals surface area (Å²) in [6, 6.07) is 44.1. The summed E-state index contributed by atoms with van der Waals surface area (Å²) in [5.41, 5.74) is 11.8. The Hall–Kier alpha value is -7.44. The van der Waals surface area contributed by atoms with Crippen molar-refractivity contribution in [2.45, 2.75) is 105 Å². The Kier molecular flexibility index (Phi) is 9.67. The van der Waals surface area contributed by atoms with Crippen LogP contribution in [-0.2, 0) is 21.7 Å². The van der Waals surface area contributed by atoms with Crippen LogP contribution in [0.25, 0.3) is 65.3 Å². The molecule has 0 N–H and O–H groups in total. The molecule has 0 atom stereocenters. The van der Waals surface area contributed by atoms with E-state index in [1.54, 1.807) is 0 Å². The van der Waals surface area contributed by atoms with Crippen LogP contribution >= 0.6 is 0 Å². The maximum absolute atomic E-state index is 14.6. The lowest BCUT2D eigenvalue weighted by Gasteiger charge is -2.30. The fourth-order valence-electron chi connectivity index (χ4n) is 10.7. The second-order valence-electron chi connectivity index (χ2n) is 23.7. The average molecular weight is 919 g/mol. The Bertz CT molecular complexity index is 3320. The maximum Gasteiger partial charge on any atom is 0.265 e. The van der Waals surface area contributed by atoms with E-state index in [-0.39, 0.29) is 45.3 Å². The van der Waals surface area contributed by atoms with E-state index in [2.05, 4.69) is 119 Å². The van der Waals surface area contributed by atoms with Gasteiger partial charge in [-0.3, -0.25) is 19.2 Å². The topological polar surface area (TPSA) is 74.8 Å². The summed E-state index contributed by atoms with van der Waals surface area (Å²) >= 11 is 0. The lowest BCUT2D eigenvalue weighted by molar-refractivity contribution is 0.0877. The third kappa shape index (κ3) is 6.89. The average Bonchev–Trinajstić information content (AvgIpc) is 3.31. The fraction of sp³-hybridized carbons (Fsp3) is 0.250. The summed E-state index contributed by atoms with van der Waals surface area (Å²) in [6.45, 7) is 26.7. The first-order valence-electron chi connectivity index (χ1n) is 24.4. The predicted octanol–water partition coefficient (Wildman–Crippen LogP) is 15.9. The van der Waals surface area contributed by atoms with Gasteiger partial charge in [0.05, 0.1) is 11.4 Å². The summed E-state index contributed by atoms with van der Waals surface area (Å²) < 4.78 is 0. The monoisotopic (exact) mass is 918 g/mol. The van der Waals surface area contributed by atoms with Gasteiger partial charge in [0.1, 0.15) is 0 Å². The van der Waals surface area contributed by atoms with Gasteiger partial charge in [-0.15, -0.1) is 0 Å². The largest absolute Gasteiger partial charge is 0.268 e. The number of amides is 4. The van der Waals surface area contributed by atoms with Crippen LogP contribution < -0.4 is 9.80 Å². The first-order valence-corrected chi connectivity index (χ1v) is 24.4. The van der Waals surface area contributed by atoms with Gasteiger partial charge in [0.2, 0.25) is 0 Å². The molecule has 0 aliphatic carbocycles. The van der Waals surface area contributed by atoms with E-state index < -0.39 is 0 Å². The number of hydrogen-bond donors (Lipinski definition) is 0. The molecule has 0 spiro atoms. The molecule has 0 bridgehead atoms. The molecule has 0 aromatic heterocycles. The SMILES string of the molecule is CC(C)(C)c1cc(-c2ccc(N3C(=O)c4ccc5c6ccc7c8c(ccc(c9ccc(c4c59)C3=O)c86)C(=O)N(c3ccc(-c4cc(C(C)(C)C)cc(C(C)(C)C)c4)cc3)C7=O)cc2)cc(C(C)(C)C)c1. The molecule has 9 aromatic rings. The van der Waals surface area contributed by atoms with Crippen LogP contribution in [0.4, 0.5) is 11.4 Å². The number of carbonyl (C=O) groups excluding carboxylic acids is 4. The van der Waals surface area contributed by atoms with Crippen molar-refractivity contribution in [2.24, 2.45) is 0 Å². The van der Waals surface area contributed by atoms with Gasteiger partial charge in [-0.05, 0) is 147 Å². The van der Waals surface area contributed by atoms with Crippen LogP contribution in [-0.4, -0.2) is 23.6 Å². The van der Waals surface area contributed by atoms with Crippen molar-refractivity contribution >= 4 is 78.1 Å². The highest BCUT2D eigenvalue weighted by molar-refractivity contribution is 6.45. The van der Waals surface area contributed by atoms with E-state index in [9.17, 15) is 19.2 Å². The highest BCUT2D eigenvalue weighted by atomic mass is 16.2. The second-order valence-corrected chi connectivity index (χ2v) is 23.7. The summed E-state index contributed by atoms with van der Waals surface area (Å²) in [7, 11) is 0.